The summed E-state index contributed by atoms with van der Waals surface area (Å²) >= 11 is 0. The first kappa shape index (κ1) is 13.1. The third-order valence-corrected chi connectivity index (χ3v) is 4.70. The average molecular weight is 259 g/mol. The van der Waals surface area contributed by atoms with Crippen LogP contribution in [0.15, 0.2) is 30.3 Å². The Morgan fingerprint density at radius 2 is 1.95 bits per heavy atom. The zero-order chi connectivity index (χ0) is 13.0. The molecule has 1 N–H and O–H groups in total. The molecule has 1 unspecified atom stereocenters. The Labute approximate surface area is 116 Å². The van der Waals surface area contributed by atoms with Gasteiger partial charge in [0.2, 0.25) is 0 Å². The summed E-state index contributed by atoms with van der Waals surface area (Å²) < 4.78 is 6.08. The third-order valence-electron chi connectivity index (χ3n) is 4.70. The van der Waals surface area contributed by atoms with Crippen LogP contribution in [0.1, 0.15) is 44.1 Å². The lowest BCUT2D eigenvalue weighted by atomic mass is 9.89. The summed E-state index contributed by atoms with van der Waals surface area (Å²) in [5, 5.41) is 3.74. The van der Waals surface area contributed by atoms with Crippen molar-refractivity contribution in [1.82, 2.24) is 5.32 Å². The summed E-state index contributed by atoms with van der Waals surface area (Å²) in [6, 6.07) is 11.4. The number of hydrogen-bond donors (Lipinski definition) is 1. The van der Waals surface area contributed by atoms with E-state index >= 15 is 0 Å². The molecule has 1 heterocycles. The van der Waals surface area contributed by atoms with E-state index in [4.69, 9.17) is 4.74 Å². The number of ether oxygens (including phenoxy) is 1. The van der Waals surface area contributed by atoms with E-state index < -0.39 is 0 Å². The Morgan fingerprint density at radius 1 is 1.16 bits per heavy atom. The number of benzene rings is 1. The van der Waals surface area contributed by atoms with E-state index in [-0.39, 0.29) is 5.60 Å². The smallest absolute Gasteiger partial charge is 0.0697 e. The molecule has 0 radical (unpaired) electrons. The molecule has 2 aliphatic rings. The van der Waals surface area contributed by atoms with Crippen LogP contribution in [0.3, 0.4) is 0 Å². The molecule has 3 rings (SSSR count). The first-order chi connectivity index (χ1) is 9.36. The van der Waals surface area contributed by atoms with Crippen LogP contribution in [-0.4, -0.2) is 24.8 Å². The third kappa shape index (κ3) is 3.37. The Morgan fingerprint density at radius 3 is 2.74 bits per heavy atom. The minimum absolute atomic E-state index is 0.239. The van der Waals surface area contributed by atoms with Crippen LogP contribution in [0.4, 0.5) is 0 Å². The fraction of sp³-hybridized carbons (Fsp3) is 0.647. The monoisotopic (exact) mass is 259 g/mol. The second-order valence-corrected chi connectivity index (χ2v) is 6.12. The first-order valence-electron chi connectivity index (χ1n) is 7.78. The van der Waals surface area contributed by atoms with Gasteiger partial charge in [-0.2, -0.15) is 0 Å². The molecule has 2 heteroatoms. The summed E-state index contributed by atoms with van der Waals surface area (Å²) in [5.41, 5.74) is 1.67. The van der Waals surface area contributed by atoms with Gasteiger partial charge in [0, 0.05) is 12.6 Å². The van der Waals surface area contributed by atoms with Crippen molar-refractivity contribution >= 4 is 0 Å². The van der Waals surface area contributed by atoms with Crippen molar-refractivity contribution in [2.24, 2.45) is 0 Å². The molecule has 1 atom stereocenters. The van der Waals surface area contributed by atoms with E-state index in [0.29, 0.717) is 6.04 Å². The molecule has 1 aliphatic carbocycles. The second-order valence-electron chi connectivity index (χ2n) is 6.12. The van der Waals surface area contributed by atoms with E-state index in [1.165, 1.54) is 44.1 Å². The molecule has 1 saturated carbocycles. The Balaban J connectivity index is 1.45. The van der Waals surface area contributed by atoms with E-state index in [1.807, 2.05) is 0 Å². The Kier molecular flexibility index (Phi) is 4.19. The molecule has 1 saturated heterocycles. The van der Waals surface area contributed by atoms with Gasteiger partial charge < -0.3 is 10.1 Å². The van der Waals surface area contributed by atoms with Crippen LogP contribution < -0.4 is 5.32 Å². The molecule has 1 spiro atoms. The van der Waals surface area contributed by atoms with Gasteiger partial charge in [0.05, 0.1) is 5.60 Å². The highest BCUT2D eigenvalue weighted by atomic mass is 16.5. The van der Waals surface area contributed by atoms with Crippen molar-refractivity contribution in [1.29, 1.82) is 0 Å². The van der Waals surface area contributed by atoms with Crippen molar-refractivity contribution in [3.05, 3.63) is 35.9 Å². The van der Waals surface area contributed by atoms with E-state index in [9.17, 15) is 0 Å². The fourth-order valence-electron chi connectivity index (χ4n) is 3.64. The van der Waals surface area contributed by atoms with E-state index in [2.05, 4.69) is 35.6 Å². The Hall–Kier alpha value is -0.860. The summed E-state index contributed by atoms with van der Waals surface area (Å²) in [6.07, 6.45) is 8.81. The standard InChI is InChI=1S/C17H25NO/c1-2-6-15(7-3-1)8-12-18-16-9-13-19-17(14-16)10-4-5-11-17/h1-3,6-7,16,18H,4-5,8-14H2. The maximum Gasteiger partial charge on any atom is 0.0697 e. The zero-order valence-corrected chi connectivity index (χ0v) is 11.7. The highest BCUT2D eigenvalue weighted by Crippen LogP contribution is 2.39. The van der Waals surface area contributed by atoms with E-state index in [1.54, 1.807) is 0 Å². The van der Waals surface area contributed by atoms with Crippen molar-refractivity contribution in [3.8, 4) is 0 Å². The lowest BCUT2D eigenvalue weighted by Gasteiger charge is -2.38. The topological polar surface area (TPSA) is 21.3 Å². The molecule has 19 heavy (non-hydrogen) atoms. The van der Waals surface area contributed by atoms with Gasteiger partial charge in [-0.25, -0.2) is 0 Å². The molecule has 0 bridgehead atoms. The highest BCUT2D eigenvalue weighted by Gasteiger charge is 2.39. The summed E-state index contributed by atoms with van der Waals surface area (Å²) in [5.74, 6) is 0. The van der Waals surface area contributed by atoms with Crippen LogP contribution in [-0.2, 0) is 11.2 Å². The van der Waals surface area contributed by atoms with Gasteiger partial charge in [-0.05, 0) is 44.2 Å². The van der Waals surface area contributed by atoms with E-state index in [0.717, 1.165) is 19.6 Å². The number of nitrogens with one attached hydrogen (secondary N) is 1. The fourth-order valence-corrected chi connectivity index (χ4v) is 3.64. The number of hydrogen-bond acceptors (Lipinski definition) is 2. The maximum atomic E-state index is 6.08. The largest absolute Gasteiger partial charge is 0.375 e. The quantitative estimate of drug-likeness (QED) is 0.895. The van der Waals surface area contributed by atoms with Gasteiger partial charge in [0.1, 0.15) is 0 Å². The van der Waals surface area contributed by atoms with Crippen LogP contribution in [0.2, 0.25) is 0 Å². The maximum absolute atomic E-state index is 6.08. The van der Waals surface area contributed by atoms with Crippen LogP contribution in [0.25, 0.3) is 0 Å². The number of rotatable bonds is 4. The first-order valence-corrected chi connectivity index (χ1v) is 7.78. The van der Waals surface area contributed by atoms with Crippen molar-refractivity contribution < 1.29 is 4.74 Å². The second kappa shape index (κ2) is 6.06. The SMILES string of the molecule is c1ccc(CCNC2CCOC3(CCCC3)C2)cc1. The van der Waals surface area contributed by atoms with Gasteiger partial charge in [0.25, 0.3) is 0 Å². The molecule has 1 aromatic rings. The normalized spacial score (nSPS) is 25.8. The molecule has 1 aliphatic heterocycles. The van der Waals surface area contributed by atoms with Crippen molar-refractivity contribution in [2.45, 2.75) is 56.6 Å². The van der Waals surface area contributed by atoms with Gasteiger partial charge in [0.15, 0.2) is 0 Å². The molecule has 0 amide bonds. The van der Waals surface area contributed by atoms with Gasteiger partial charge in [-0.3, -0.25) is 0 Å². The van der Waals surface area contributed by atoms with Crippen LogP contribution >= 0.6 is 0 Å². The predicted molar refractivity (Wildman–Crippen MR) is 78.3 cm³/mol. The predicted octanol–water partition coefficient (Wildman–Crippen LogP) is 3.31. The van der Waals surface area contributed by atoms with Crippen LogP contribution in [0.5, 0.6) is 0 Å². The van der Waals surface area contributed by atoms with Crippen molar-refractivity contribution in [2.75, 3.05) is 13.2 Å². The molecule has 0 aromatic heterocycles. The molecule has 2 fully saturated rings. The molecular weight excluding hydrogens is 234 g/mol. The highest BCUT2D eigenvalue weighted by molar-refractivity contribution is 5.14. The van der Waals surface area contributed by atoms with Gasteiger partial charge in [-0.1, -0.05) is 43.2 Å². The minimum atomic E-state index is 0.239. The van der Waals surface area contributed by atoms with Crippen LogP contribution in [0, 0.1) is 0 Å². The molecule has 1 aromatic carbocycles. The average Bonchev–Trinajstić information content (AvgIpc) is 2.88. The molecule has 104 valence electrons. The summed E-state index contributed by atoms with van der Waals surface area (Å²) in [4.78, 5) is 0. The summed E-state index contributed by atoms with van der Waals surface area (Å²) in [7, 11) is 0. The van der Waals surface area contributed by atoms with Gasteiger partial charge >= 0.3 is 0 Å². The Bertz CT molecular complexity index is 384. The van der Waals surface area contributed by atoms with Crippen molar-refractivity contribution in [3.63, 3.8) is 0 Å². The lowest BCUT2D eigenvalue weighted by molar-refractivity contribution is -0.0834. The minimum Gasteiger partial charge on any atom is -0.375 e. The van der Waals surface area contributed by atoms with Gasteiger partial charge in [-0.15, -0.1) is 0 Å². The molecule has 2 nitrogen and oxygen atoms in total. The summed E-state index contributed by atoms with van der Waals surface area (Å²) in [6.45, 7) is 2.04. The lowest BCUT2D eigenvalue weighted by Crippen LogP contribution is -2.46. The molecular formula is C17H25NO. The zero-order valence-electron chi connectivity index (χ0n) is 11.7.